The van der Waals surface area contributed by atoms with Gasteiger partial charge in [-0.15, -0.1) is 11.3 Å². The molecule has 1 saturated carbocycles. The molecule has 1 aliphatic carbocycles. The van der Waals surface area contributed by atoms with Crippen LogP contribution >= 0.6 is 11.3 Å². The molecule has 1 aliphatic heterocycles. The molecule has 0 amide bonds. The van der Waals surface area contributed by atoms with Gasteiger partial charge in [-0.1, -0.05) is 0 Å². The molecule has 2 fully saturated rings. The van der Waals surface area contributed by atoms with Gasteiger partial charge in [-0.2, -0.15) is 0 Å². The highest BCUT2D eigenvalue weighted by molar-refractivity contribution is 7.15. The summed E-state index contributed by atoms with van der Waals surface area (Å²) in [4.78, 5) is 8.48. The average molecular weight is 311 g/mol. The molecule has 21 heavy (non-hydrogen) atoms. The summed E-state index contributed by atoms with van der Waals surface area (Å²) in [7, 11) is 1.73. The minimum atomic E-state index is 0.261. The Bertz CT molecular complexity index is 465. The van der Waals surface area contributed by atoms with Crippen molar-refractivity contribution >= 4 is 16.5 Å². The maximum atomic E-state index is 5.81. The smallest absolute Gasteiger partial charge is 0.186 e. The van der Waals surface area contributed by atoms with Crippen LogP contribution in [0.5, 0.6) is 0 Å². The fourth-order valence-electron chi connectivity index (χ4n) is 2.75. The molecule has 0 bridgehead atoms. The van der Waals surface area contributed by atoms with Crippen LogP contribution in [0.3, 0.4) is 0 Å². The molecule has 0 spiro atoms. The van der Waals surface area contributed by atoms with E-state index in [-0.39, 0.29) is 12.2 Å². The zero-order valence-electron chi connectivity index (χ0n) is 13.1. The summed E-state index contributed by atoms with van der Waals surface area (Å²) in [5.74, 6) is 0. The van der Waals surface area contributed by atoms with Gasteiger partial charge in [0.2, 0.25) is 0 Å². The summed E-state index contributed by atoms with van der Waals surface area (Å²) in [6.07, 6.45) is 3.14. The number of thiazole rings is 1. The maximum absolute atomic E-state index is 5.81. The zero-order valence-corrected chi connectivity index (χ0v) is 13.9. The van der Waals surface area contributed by atoms with Gasteiger partial charge >= 0.3 is 0 Å². The lowest BCUT2D eigenvalue weighted by molar-refractivity contribution is -0.00524. The Morgan fingerprint density at radius 3 is 2.67 bits per heavy atom. The Kier molecular flexibility index (Phi) is 4.78. The first-order chi connectivity index (χ1) is 10.2. The second-order valence-electron chi connectivity index (χ2n) is 6.12. The van der Waals surface area contributed by atoms with Gasteiger partial charge in [0.1, 0.15) is 0 Å². The molecule has 0 radical (unpaired) electrons. The van der Waals surface area contributed by atoms with Crippen molar-refractivity contribution < 1.29 is 9.47 Å². The first-order valence-corrected chi connectivity index (χ1v) is 8.58. The fraction of sp³-hybridized carbons (Fsp3) is 0.800. The third-order valence-corrected chi connectivity index (χ3v) is 5.03. The number of ether oxygens (including phenoxy) is 2. The lowest BCUT2D eigenvalue weighted by Gasteiger charge is -2.35. The van der Waals surface area contributed by atoms with Crippen molar-refractivity contribution in [2.45, 2.75) is 58.1 Å². The number of hydrogen-bond donors (Lipinski definition) is 1. The van der Waals surface area contributed by atoms with Crippen LogP contribution in [-0.4, -0.2) is 43.4 Å². The Hall–Kier alpha value is -0.690. The van der Waals surface area contributed by atoms with Crippen LogP contribution in [-0.2, 0) is 22.6 Å². The summed E-state index contributed by atoms with van der Waals surface area (Å²) in [5.41, 5.74) is 1.08. The third kappa shape index (κ3) is 3.94. The van der Waals surface area contributed by atoms with Crippen LogP contribution in [0.1, 0.15) is 37.3 Å². The first kappa shape index (κ1) is 15.2. The number of hydrogen-bond acceptors (Lipinski definition) is 6. The first-order valence-electron chi connectivity index (χ1n) is 7.77. The number of anilines is 1. The Balaban J connectivity index is 1.72. The molecule has 2 atom stereocenters. The van der Waals surface area contributed by atoms with Crippen molar-refractivity contribution in [1.82, 2.24) is 10.3 Å². The quantitative estimate of drug-likeness (QED) is 0.872. The Morgan fingerprint density at radius 1 is 1.33 bits per heavy atom. The van der Waals surface area contributed by atoms with Crippen molar-refractivity contribution in [1.29, 1.82) is 0 Å². The lowest BCUT2D eigenvalue weighted by Crippen LogP contribution is -2.45. The molecule has 6 heteroatoms. The summed E-state index contributed by atoms with van der Waals surface area (Å²) in [5, 5.41) is 4.69. The lowest BCUT2D eigenvalue weighted by atomic mass is 10.2. The average Bonchev–Trinajstić information content (AvgIpc) is 3.17. The van der Waals surface area contributed by atoms with Gasteiger partial charge in [-0.3, -0.25) is 0 Å². The molecular weight excluding hydrogens is 286 g/mol. The molecule has 2 heterocycles. The number of rotatable bonds is 6. The fourth-order valence-corrected chi connectivity index (χ4v) is 3.78. The van der Waals surface area contributed by atoms with Gasteiger partial charge in [0.05, 0.1) is 24.5 Å². The number of nitrogens with zero attached hydrogens (tertiary/aromatic N) is 2. The number of morpholine rings is 1. The van der Waals surface area contributed by atoms with Crippen LogP contribution in [0, 0.1) is 0 Å². The van der Waals surface area contributed by atoms with Crippen LogP contribution in [0.25, 0.3) is 0 Å². The van der Waals surface area contributed by atoms with Crippen LogP contribution < -0.4 is 10.2 Å². The molecule has 3 rings (SSSR count). The number of methoxy groups -OCH3 is 1. The molecule has 2 unspecified atom stereocenters. The van der Waals surface area contributed by atoms with E-state index in [4.69, 9.17) is 14.5 Å². The van der Waals surface area contributed by atoms with Gasteiger partial charge in [0.25, 0.3) is 0 Å². The largest absolute Gasteiger partial charge is 0.378 e. The van der Waals surface area contributed by atoms with Crippen molar-refractivity contribution in [3.8, 4) is 0 Å². The monoisotopic (exact) mass is 311 g/mol. The van der Waals surface area contributed by atoms with Crippen LogP contribution in [0.2, 0.25) is 0 Å². The maximum Gasteiger partial charge on any atom is 0.186 e. The van der Waals surface area contributed by atoms with E-state index < -0.39 is 0 Å². The molecule has 0 aromatic carbocycles. The second kappa shape index (κ2) is 6.60. The zero-order chi connectivity index (χ0) is 14.8. The van der Waals surface area contributed by atoms with E-state index in [0.29, 0.717) is 6.61 Å². The third-order valence-electron chi connectivity index (χ3n) is 3.87. The van der Waals surface area contributed by atoms with E-state index in [2.05, 4.69) is 24.1 Å². The second-order valence-corrected chi connectivity index (χ2v) is 7.18. The molecule has 1 aromatic rings. The predicted octanol–water partition coefficient (Wildman–Crippen LogP) is 2.16. The van der Waals surface area contributed by atoms with Gasteiger partial charge in [-0.05, 0) is 26.7 Å². The predicted molar refractivity (Wildman–Crippen MR) is 84.9 cm³/mol. The molecule has 118 valence electrons. The highest BCUT2D eigenvalue weighted by Crippen LogP contribution is 2.30. The molecule has 2 aliphatic rings. The standard InChI is InChI=1S/C15H25N3O2S/c1-10-7-18(8-11(2)20-10)15-17-13(9-19-3)14(21-15)6-16-12-4-5-12/h10-12,16H,4-9H2,1-3H3. The van der Waals surface area contributed by atoms with Crippen LogP contribution in [0.4, 0.5) is 5.13 Å². The van der Waals surface area contributed by atoms with E-state index in [1.807, 2.05) is 0 Å². The van der Waals surface area contributed by atoms with E-state index in [1.165, 1.54) is 17.7 Å². The van der Waals surface area contributed by atoms with Crippen molar-refractivity contribution in [3.63, 3.8) is 0 Å². The topological polar surface area (TPSA) is 46.6 Å². The van der Waals surface area contributed by atoms with E-state index in [9.17, 15) is 0 Å². The molecule has 1 aromatic heterocycles. The molecule has 5 nitrogen and oxygen atoms in total. The van der Waals surface area contributed by atoms with Crippen molar-refractivity contribution in [2.75, 3.05) is 25.1 Å². The molecule has 1 saturated heterocycles. The van der Waals surface area contributed by atoms with E-state index in [0.717, 1.165) is 36.5 Å². The highest BCUT2D eigenvalue weighted by atomic mass is 32.1. The van der Waals surface area contributed by atoms with Crippen molar-refractivity contribution in [2.24, 2.45) is 0 Å². The summed E-state index contributed by atoms with van der Waals surface area (Å²) in [6.45, 7) is 7.59. The van der Waals surface area contributed by atoms with Gasteiger partial charge in [-0.25, -0.2) is 4.98 Å². The summed E-state index contributed by atoms with van der Waals surface area (Å²) < 4.78 is 11.1. The Labute approximate surface area is 130 Å². The normalized spacial score (nSPS) is 26.3. The molecule has 1 N–H and O–H groups in total. The Morgan fingerprint density at radius 2 is 2.05 bits per heavy atom. The van der Waals surface area contributed by atoms with E-state index in [1.54, 1.807) is 18.4 Å². The van der Waals surface area contributed by atoms with Gasteiger partial charge in [0.15, 0.2) is 5.13 Å². The van der Waals surface area contributed by atoms with E-state index >= 15 is 0 Å². The minimum Gasteiger partial charge on any atom is -0.378 e. The number of nitrogens with one attached hydrogen (secondary N) is 1. The van der Waals surface area contributed by atoms with Crippen molar-refractivity contribution in [3.05, 3.63) is 10.6 Å². The SMILES string of the molecule is COCc1nc(N2CC(C)OC(C)C2)sc1CNC1CC1. The number of aromatic nitrogens is 1. The minimum absolute atomic E-state index is 0.261. The summed E-state index contributed by atoms with van der Waals surface area (Å²) in [6, 6.07) is 0.717. The van der Waals surface area contributed by atoms with Crippen LogP contribution in [0.15, 0.2) is 0 Å². The molecular formula is C15H25N3O2S. The van der Waals surface area contributed by atoms with Gasteiger partial charge in [0, 0.05) is 37.7 Å². The van der Waals surface area contributed by atoms with Gasteiger partial charge < -0.3 is 19.7 Å². The highest BCUT2D eigenvalue weighted by Gasteiger charge is 2.26. The summed E-state index contributed by atoms with van der Waals surface area (Å²) >= 11 is 1.80.